The summed E-state index contributed by atoms with van der Waals surface area (Å²) in [5, 5.41) is 9.42. The molecule has 7 nitrogen and oxygen atoms in total. The number of carboxylic acids is 1. The molecule has 3 amide bonds. The summed E-state index contributed by atoms with van der Waals surface area (Å²) in [6.07, 6.45) is 4.22. The molecule has 2 atom stereocenters. The van der Waals surface area contributed by atoms with Gasteiger partial charge in [-0.2, -0.15) is 0 Å². The van der Waals surface area contributed by atoms with E-state index in [2.05, 4.69) is 6.92 Å². The van der Waals surface area contributed by atoms with Gasteiger partial charge in [-0.25, -0.2) is 9.59 Å². The van der Waals surface area contributed by atoms with Crippen molar-refractivity contribution in [2.75, 3.05) is 6.54 Å². The zero-order chi connectivity index (χ0) is 18.9. The molecule has 0 bridgehead atoms. The van der Waals surface area contributed by atoms with Crippen molar-refractivity contribution < 1.29 is 19.5 Å². The zero-order valence-electron chi connectivity index (χ0n) is 15.7. The van der Waals surface area contributed by atoms with Crippen LogP contribution in [0.15, 0.2) is 0 Å². The zero-order valence-corrected chi connectivity index (χ0v) is 15.7. The van der Waals surface area contributed by atoms with Crippen molar-refractivity contribution in [3.8, 4) is 0 Å². The van der Waals surface area contributed by atoms with Gasteiger partial charge in [-0.3, -0.25) is 4.79 Å². The van der Waals surface area contributed by atoms with Crippen LogP contribution in [0, 0.1) is 11.3 Å². The molecule has 1 aliphatic heterocycles. The largest absolute Gasteiger partial charge is 0.480 e. The monoisotopic (exact) mass is 353 g/mol. The quantitative estimate of drug-likeness (QED) is 0.810. The van der Waals surface area contributed by atoms with E-state index in [0.29, 0.717) is 5.92 Å². The number of aliphatic carboxylic acids is 1. The van der Waals surface area contributed by atoms with Crippen molar-refractivity contribution in [3.63, 3.8) is 0 Å². The lowest BCUT2D eigenvalue weighted by molar-refractivity contribution is -0.146. The Hall–Kier alpha value is -1.79. The number of hydrogen-bond donors (Lipinski definition) is 2. The third-order valence-electron chi connectivity index (χ3n) is 5.50. The minimum absolute atomic E-state index is 0.0208. The molecule has 0 aromatic carbocycles. The minimum atomic E-state index is -1.07. The second kappa shape index (κ2) is 7.22. The maximum absolute atomic E-state index is 13.1. The minimum Gasteiger partial charge on any atom is -0.480 e. The first-order valence-corrected chi connectivity index (χ1v) is 9.14. The van der Waals surface area contributed by atoms with Crippen LogP contribution in [-0.2, 0) is 9.59 Å². The molecule has 2 rings (SSSR count). The predicted molar refractivity (Wildman–Crippen MR) is 93.8 cm³/mol. The third kappa shape index (κ3) is 4.25. The molecule has 7 heteroatoms. The number of primary amides is 1. The van der Waals surface area contributed by atoms with Gasteiger partial charge in [0.2, 0.25) is 5.91 Å². The van der Waals surface area contributed by atoms with Gasteiger partial charge in [0.05, 0.1) is 6.04 Å². The van der Waals surface area contributed by atoms with Gasteiger partial charge in [-0.1, -0.05) is 27.7 Å². The Morgan fingerprint density at radius 3 is 2.04 bits per heavy atom. The molecular weight excluding hydrogens is 322 g/mol. The highest BCUT2D eigenvalue weighted by molar-refractivity contribution is 5.84. The lowest BCUT2D eigenvalue weighted by atomic mass is 9.84. The summed E-state index contributed by atoms with van der Waals surface area (Å²) in [7, 11) is 0. The Morgan fingerprint density at radius 1 is 1.08 bits per heavy atom. The van der Waals surface area contributed by atoms with Crippen LogP contribution in [0.2, 0.25) is 0 Å². The van der Waals surface area contributed by atoms with Crippen molar-refractivity contribution in [3.05, 3.63) is 0 Å². The molecule has 3 N–H and O–H groups in total. The topological polar surface area (TPSA) is 104 Å². The summed E-state index contributed by atoms with van der Waals surface area (Å²) in [5.41, 5.74) is 4.81. The van der Waals surface area contributed by atoms with Crippen LogP contribution in [0.3, 0.4) is 0 Å². The first-order valence-electron chi connectivity index (χ1n) is 9.14. The van der Waals surface area contributed by atoms with Crippen molar-refractivity contribution >= 4 is 17.9 Å². The van der Waals surface area contributed by atoms with Gasteiger partial charge in [-0.15, -0.1) is 0 Å². The predicted octanol–water partition coefficient (Wildman–Crippen LogP) is 2.05. The molecule has 0 unspecified atom stereocenters. The lowest BCUT2D eigenvalue weighted by Crippen LogP contribution is -2.53. The van der Waals surface area contributed by atoms with Gasteiger partial charge in [0, 0.05) is 24.4 Å². The Morgan fingerprint density at radius 2 is 1.64 bits per heavy atom. The number of nitrogens with zero attached hydrogens (tertiary/aromatic N) is 2. The van der Waals surface area contributed by atoms with Gasteiger partial charge in [0.15, 0.2) is 0 Å². The number of amides is 3. The van der Waals surface area contributed by atoms with E-state index >= 15 is 0 Å². The van der Waals surface area contributed by atoms with Gasteiger partial charge < -0.3 is 20.6 Å². The molecule has 1 saturated carbocycles. The summed E-state index contributed by atoms with van der Waals surface area (Å²) in [6.45, 7) is 8.05. The van der Waals surface area contributed by atoms with Crippen LogP contribution in [0.4, 0.5) is 4.79 Å². The normalized spacial score (nSPS) is 30.2. The molecule has 2 fully saturated rings. The molecule has 1 heterocycles. The fourth-order valence-electron chi connectivity index (χ4n) is 4.03. The number of rotatable bonds is 3. The van der Waals surface area contributed by atoms with Crippen molar-refractivity contribution in [2.45, 2.75) is 77.9 Å². The molecule has 142 valence electrons. The SMILES string of the molecule is CC1CCC(N(C(=O)C(C)(C)C)[C@H]2C[C@@H](C(=O)O)N(C(N)=O)C2)CC1. The van der Waals surface area contributed by atoms with E-state index in [1.165, 1.54) is 4.90 Å². The summed E-state index contributed by atoms with van der Waals surface area (Å²) < 4.78 is 0. The van der Waals surface area contributed by atoms with Crippen LogP contribution in [0.5, 0.6) is 0 Å². The van der Waals surface area contributed by atoms with Crippen LogP contribution in [0.25, 0.3) is 0 Å². The molecule has 1 aliphatic carbocycles. The Labute approximate surface area is 149 Å². The third-order valence-corrected chi connectivity index (χ3v) is 5.50. The highest BCUT2D eigenvalue weighted by atomic mass is 16.4. The number of carbonyl (C=O) groups is 3. The standard InChI is InChI=1S/C18H31N3O4/c1-11-5-7-12(8-6-11)21(16(24)18(2,3)4)13-9-14(15(22)23)20(10-13)17(19)25/h11-14H,5-10H2,1-4H3,(H2,19,25)(H,22,23)/t11?,12?,13-,14-/m0/s1. The average Bonchev–Trinajstić information content (AvgIpc) is 2.94. The fraction of sp³-hybridized carbons (Fsp3) is 0.833. The van der Waals surface area contributed by atoms with Gasteiger partial charge >= 0.3 is 12.0 Å². The fourth-order valence-corrected chi connectivity index (χ4v) is 4.03. The highest BCUT2D eigenvalue weighted by Gasteiger charge is 2.46. The molecule has 25 heavy (non-hydrogen) atoms. The van der Waals surface area contributed by atoms with Crippen LogP contribution >= 0.6 is 0 Å². The Balaban J connectivity index is 2.28. The number of hydrogen-bond acceptors (Lipinski definition) is 3. The number of carboxylic acid groups (broad SMARTS) is 1. The molecule has 0 spiro atoms. The number of carbonyl (C=O) groups excluding carboxylic acids is 2. The van der Waals surface area contributed by atoms with Crippen LogP contribution in [-0.4, -0.2) is 57.5 Å². The molecular formula is C18H31N3O4. The lowest BCUT2D eigenvalue weighted by Gasteiger charge is -2.42. The number of likely N-dealkylation sites (tertiary alicyclic amines) is 1. The number of urea groups is 1. The van der Waals surface area contributed by atoms with E-state index in [0.717, 1.165) is 25.7 Å². The summed E-state index contributed by atoms with van der Waals surface area (Å²) in [5.74, 6) is -0.394. The molecule has 1 saturated heterocycles. The van der Waals surface area contributed by atoms with E-state index in [1.807, 2.05) is 25.7 Å². The van der Waals surface area contributed by atoms with Crippen molar-refractivity contribution in [2.24, 2.45) is 17.1 Å². The maximum Gasteiger partial charge on any atom is 0.326 e. The first-order chi connectivity index (χ1) is 11.5. The summed E-state index contributed by atoms with van der Waals surface area (Å²) >= 11 is 0. The maximum atomic E-state index is 13.1. The summed E-state index contributed by atoms with van der Waals surface area (Å²) in [4.78, 5) is 39.4. The van der Waals surface area contributed by atoms with Crippen molar-refractivity contribution in [1.82, 2.24) is 9.80 Å². The Kier molecular flexibility index (Phi) is 5.64. The molecule has 0 aromatic heterocycles. The van der Waals surface area contributed by atoms with Gasteiger partial charge in [-0.05, 0) is 31.6 Å². The van der Waals surface area contributed by atoms with Gasteiger partial charge in [0.1, 0.15) is 6.04 Å². The molecule has 0 radical (unpaired) electrons. The Bertz CT molecular complexity index is 513. The average molecular weight is 353 g/mol. The van der Waals surface area contributed by atoms with E-state index in [4.69, 9.17) is 5.73 Å². The second-order valence-electron chi connectivity index (χ2n) is 8.61. The van der Waals surface area contributed by atoms with Gasteiger partial charge in [0.25, 0.3) is 0 Å². The van der Waals surface area contributed by atoms with Crippen LogP contribution in [0.1, 0.15) is 59.8 Å². The van der Waals surface area contributed by atoms with Crippen molar-refractivity contribution in [1.29, 1.82) is 0 Å². The van der Waals surface area contributed by atoms with E-state index in [9.17, 15) is 19.5 Å². The summed E-state index contributed by atoms with van der Waals surface area (Å²) in [6, 6.07) is -1.88. The second-order valence-corrected chi connectivity index (χ2v) is 8.61. The highest BCUT2D eigenvalue weighted by Crippen LogP contribution is 2.34. The van der Waals surface area contributed by atoms with E-state index in [-0.39, 0.29) is 31.0 Å². The molecule has 0 aromatic rings. The number of nitrogens with two attached hydrogens (primary N) is 1. The van der Waals surface area contributed by atoms with E-state index in [1.54, 1.807) is 0 Å². The molecule has 2 aliphatic rings. The van der Waals surface area contributed by atoms with E-state index < -0.39 is 23.5 Å². The van der Waals surface area contributed by atoms with Crippen LogP contribution < -0.4 is 5.73 Å². The first kappa shape index (κ1) is 19.5. The smallest absolute Gasteiger partial charge is 0.326 e.